The molecule has 0 N–H and O–H groups in total. The summed E-state index contributed by atoms with van der Waals surface area (Å²) in [6, 6.07) is 12.7. The predicted octanol–water partition coefficient (Wildman–Crippen LogP) is 4.01. The number of carbonyl (C=O) groups excluding carboxylic acids is 1. The average Bonchev–Trinajstić information content (AvgIpc) is 2.66. The van der Waals surface area contributed by atoms with Crippen LogP contribution in [-0.4, -0.2) is 13.1 Å². The van der Waals surface area contributed by atoms with E-state index in [1.165, 1.54) is 7.11 Å². The smallest absolute Gasteiger partial charge is 0.351 e. The fourth-order valence-corrected chi connectivity index (χ4v) is 2.87. The number of aryl methyl sites for hydroxylation is 2. The van der Waals surface area contributed by atoms with E-state index in [1.54, 1.807) is 32.0 Å². The van der Waals surface area contributed by atoms with Crippen LogP contribution in [0.4, 0.5) is 0 Å². The van der Waals surface area contributed by atoms with Crippen LogP contribution in [0.3, 0.4) is 0 Å². The third kappa shape index (κ3) is 3.08. The van der Waals surface area contributed by atoms with Gasteiger partial charge < -0.3 is 13.9 Å². The molecule has 0 amide bonds. The summed E-state index contributed by atoms with van der Waals surface area (Å²) in [5.41, 5.74) is 2.89. The number of methoxy groups -OCH3 is 1. The van der Waals surface area contributed by atoms with Crippen LogP contribution in [0.1, 0.15) is 28.4 Å². The summed E-state index contributed by atoms with van der Waals surface area (Å²) < 4.78 is 16.3. The molecule has 0 aliphatic rings. The molecule has 1 heterocycles. The lowest BCUT2D eigenvalue weighted by Crippen LogP contribution is -2.20. The number of hydrogen-bond acceptors (Lipinski definition) is 5. The number of ether oxygens (including phenoxy) is 2. The van der Waals surface area contributed by atoms with Crippen molar-refractivity contribution in [3.63, 3.8) is 0 Å². The fraction of sp³-hybridized carbons (Fsp3) is 0.238. The highest BCUT2D eigenvalue weighted by Crippen LogP contribution is 2.32. The normalized spacial score (nSPS) is 12.0. The van der Waals surface area contributed by atoms with Crippen LogP contribution in [0, 0.1) is 20.8 Å². The summed E-state index contributed by atoms with van der Waals surface area (Å²) in [6.07, 6.45) is -0.907. The zero-order chi connectivity index (χ0) is 18.8. The van der Waals surface area contributed by atoms with Crippen molar-refractivity contribution >= 4 is 16.9 Å². The summed E-state index contributed by atoms with van der Waals surface area (Å²) >= 11 is 0. The van der Waals surface area contributed by atoms with E-state index >= 15 is 0 Å². The maximum absolute atomic E-state index is 12.2. The van der Waals surface area contributed by atoms with Crippen LogP contribution in [0.25, 0.3) is 11.0 Å². The quantitative estimate of drug-likeness (QED) is 0.524. The molecule has 0 fully saturated rings. The van der Waals surface area contributed by atoms with Gasteiger partial charge in [-0.15, -0.1) is 0 Å². The molecule has 0 radical (unpaired) electrons. The maximum Gasteiger partial charge on any atom is 0.351 e. The van der Waals surface area contributed by atoms with Gasteiger partial charge in [0, 0.05) is 22.1 Å². The molecule has 3 aromatic rings. The minimum atomic E-state index is -0.907. The largest absolute Gasteiger partial charge is 0.474 e. The molecular weight excluding hydrogens is 332 g/mol. The first-order chi connectivity index (χ1) is 12.4. The zero-order valence-electron chi connectivity index (χ0n) is 15.2. The Bertz CT molecular complexity index is 1020. The Morgan fingerprint density at radius 2 is 1.65 bits per heavy atom. The highest BCUT2D eigenvalue weighted by molar-refractivity contribution is 5.86. The van der Waals surface area contributed by atoms with E-state index in [0.29, 0.717) is 28.0 Å². The first-order valence-electron chi connectivity index (χ1n) is 8.27. The number of carbonyl (C=O) groups is 1. The molecule has 0 aliphatic carbocycles. The molecule has 0 saturated carbocycles. The molecule has 0 saturated heterocycles. The SMILES string of the molecule is COC(=O)[C@H](Oc1ccc2c(C)c(C)c(=O)oc2c1C)c1ccccc1. The number of esters is 1. The van der Waals surface area contributed by atoms with Gasteiger partial charge >= 0.3 is 11.6 Å². The van der Waals surface area contributed by atoms with Gasteiger partial charge in [0.25, 0.3) is 0 Å². The highest BCUT2D eigenvalue weighted by Gasteiger charge is 2.25. The van der Waals surface area contributed by atoms with E-state index in [2.05, 4.69) is 0 Å². The van der Waals surface area contributed by atoms with Gasteiger partial charge in [-0.05, 0) is 38.5 Å². The van der Waals surface area contributed by atoms with Gasteiger partial charge in [0.15, 0.2) is 0 Å². The monoisotopic (exact) mass is 352 g/mol. The molecule has 3 rings (SSSR count). The van der Waals surface area contributed by atoms with Crippen molar-refractivity contribution in [2.24, 2.45) is 0 Å². The molecule has 0 unspecified atom stereocenters. The van der Waals surface area contributed by atoms with Gasteiger partial charge in [-0.2, -0.15) is 0 Å². The van der Waals surface area contributed by atoms with Gasteiger partial charge in [-0.3, -0.25) is 0 Å². The molecule has 2 aromatic carbocycles. The van der Waals surface area contributed by atoms with E-state index in [1.807, 2.05) is 31.2 Å². The average molecular weight is 352 g/mol. The summed E-state index contributed by atoms with van der Waals surface area (Å²) in [7, 11) is 1.32. The zero-order valence-corrected chi connectivity index (χ0v) is 15.2. The van der Waals surface area contributed by atoms with Gasteiger partial charge in [0.05, 0.1) is 7.11 Å². The summed E-state index contributed by atoms with van der Waals surface area (Å²) in [6.45, 7) is 5.42. The Hall–Kier alpha value is -3.08. The van der Waals surface area contributed by atoms with Crippen LogP contribution in [-0.2, 0) is 9.53 Å². The second-order valence-corrected chi connectivity index (χ2v) is 6.14. The Balaban J connectivity index is 2.10. The van der Waals surface area contributed by atoms with E-state index in [4.69, 9.17) is 13.9 Å². The van der Waals surface area contributed by atoms with Gasteiger partial charge in [0.2, 0.25) is 6.10 Å². The van der Waals surface area contributed by atoms with Crippen LogP contribution < -0.4 is 10.4 Å². The minimum absolute atomic E-state index is 0.372. The van der Waals surface area contributed by atoms with Crippen molar-refractivity contribution in [1.82, 2.24) is 0 Å². The summed E-state index contributed by atoms with van der Waals surface area (Å²) in [5, 5.41) is 0.848. The molecule has 0 spiro atoms. The molecule has 134 valence electrons. The maximum atomic E-state index is 12.2. The van der Waals surface area contributed by atoms with Crippen molar-refractivity contribution < 1.29 is 18.7 Å². The molecule has 26 heavy (non-hydrogen) atoms. The van der Waals surface area contributed by atoms with Crippen LogP contribution >= 0.6 is 0 Å². The Morgan fingerprint density at radius 3 is 2.31 bits per heavy atom. The molecule has 0 aliphatic heterocycles. The molecule has 1 atom stereocenters. The van der Waals surface area contributed by atoms with Gasteiger partial charge in [-0.1, -0.05) is 30.3 Å². The van der Waals surface area contributed by atoms with Crippen molar-refractivity contribution in [2.75, 3.05) is 7.11 Å². The highest BCUT2D eigenvalue weighted by atomic mass is 16.6. The topological polar surface area (TPSA) is 65.7 Å². The molecular formula is C21H20O5. The van der Waals surface area contributed by atoms with Gasteiger partial charge in [0.1, 0.15) is 11.3 Å². The van der Waals surface area contributed by atoms with E-state index in [0.717, 1.165) is 10.9 Å². The third-order valence-electron chi connectivity index (χ3n) is 4.59. The van der Waals surface area contributed by atoms with Crippen LogP contribution in [0.15, 0.2) is 51.7 Å². The minimum Gasteiger partial charge on any atom is -0.474 e. The predicted molar refractivity (Wildman–Crippen MR) is 98.5 cm³/mol. The summed E-state index contributed by atoms with van der Waals surface area (Å²) in [4.78, 5) is 24.3. The third-order valence-corrected chi connectivity index (χ3v) is 4.59. The van der Waals surface area contributed by atoms with Crippen molar-refractivity contribution in [3.8, 4) is 5.75 Å². The standard InChI is InChI=1S/C21H20O5/c1-12-13(2)20(22)26-18-14(3)17(11-10-16(12)18)25-19(21(23)24-4)15-8-6-5-7-9-15/h5-11,19H,1-4H3/t19-/m1/s1. The van der Waals surface area contributed by atoms with E-state index < -0.39 is 12.1 Å². The fourth-order valence-electron chi connectivity index (χ4n) is 2.87. The van der Waals surface area contributed by atoms with Gasteiger partial charge in [-0.25, -0.2) is 9.59 Å². The molecule has 0 bridgehead atoms. The van der Waals surface area contributed by atoms with E-state index in [-0.39, 0.29) is 5.63 Å². The number of benzene rings is 2. The second-order valence-electron chi connectivity index (χ2n) is 6.14. The summed E-state index contributed by atoms with van der Waals surface area (Å²) in [5.74, 6) is -0.0413. The van der Waals surface area contributed by atoms with Crippen molar-refractivity contribution in [1.29, 1.82) is 0 Å². The molecule has 5 heteroatoms. The van der Waals surface area contributed by atoms with Crippen molar-refractivity contribution in [3.05, 3.63) is 75.1 Å². The first-order valence-corrected chi connectivity index (χ1v) is 8.27. The lowest BCUT2D eigenvalue weighted by atomic mass is 10.0. The first kappa shape index (κ1) is 17.7. The number of fused-ring (bicyclic) bond motifs is 1. The second kappa shape index (κ2) is 7.04. The number of hydrogen-bond donors (Lipinski definition) is 0. The van der Waals surface area contributed by atoms with Crippen LogP contribution in [0.5, 0.6) is 5.75 Å². The lowest BCUT2D eigenvalue weighted by Gasteiger charge is -2.19. The lowest BCUT2D eigenvalue weighted by molar-refractivity contribution is -0.149. The molecule has 5 nitrogen and oxygen atoms in total. The molecule has 1 aromatic heterocycles. The Kier molecular flexibility index (Phi) is 4.80. The Morgan fingerprint density at radius 1 is 0.962 bits per heavy atom. The van der Waals surface area contributed by atoms with Crippen LogP contribution in [0.2, 0.25) is 0 Å². The Labute approximate surface area is 151 Å². The van der Waals surface area contributed by atoms with E-state index in [9.17, 15) is 9.59 Å². The van der Waals surface area contributed by atoms with Crippen molar-refractivity contribution in [2.45, 2.75) is 26.9 Å². The number of rotatable bonds is 4.